The van der Waals surface area contributed by atoms with E-state index in [1.807, 2.05) is 43.4 Å². The van der Waals surface area contributed by atoms with Gasteiger partial charge in [0.1, 0.15) is 31.0 Å². The van der Waals surface area contributed by atoms with E-state index in [0.717, 1.165) is 28.0 Å². The summed E-state index contributed by atoms with van der Waals surface area (Å²) in [7, 11) is 1.82. The topological polar surface area (TPSA) is 67.3 Å². The van der Waals surface area contributed by atoms with Gasteiger partial charge in [0, 0.05) is 24.2 Å². The summed E-state index contributed by atoms with van der Waals surface area (Å²) < 4.78 is 17.6. The van der Waals surface area contributed by atoms with Crippen molar-refractivity contribution in [1.29, 1.82) is 0 Å². The second-order valence-electron chi connectivity index (χ2n) is 5.35. The number of pyridine rings is 2. The van der Waals surface area contributed by atoms with Gasteiger partial charge in [-0.25, -0.2) is 14.4 Å². The van der Waals surface area contributed by atoms with Crippen molar-refractivity contribution in [2.75, 3.05) is 25.6 Å². The van der Waals surface area contributed by atoms with Gasteiger partial charge in [-0.1, -0.05) is 6.07 Å². The molecule has 5 nitrogen and oxygen atoms in total. The molecule has 3 rings (SSSR count). The molecule has 0 radical (unpaired) electrons. The molecule has 124 valence electrons. The maximum absolute atomic E-state index is 12.2. The van der Waals surface area contributed by atoms with E-state index in [0.29, 0.717) is 5.75 Å². The number of aliphatic hydroxyl groups is 1. The van der Waals surface area contributed by atoms with Crippen molar-refractivity contribution in [3.8, 4) is 17.0 Å². The van der Waals surface area contributed by atoms with E-state index in [-0.39, 0.29) is 6.61 Å². The van der Waals surface area contributed by atoms with E-state index in [2.05, 4.69) is 15.3 Å². The van der Waals surface area contributed by atoms with Crippen LogP contribution in [-0.2, 0) is 0 Å². The average molecular weight is 327 g/mol. The largest absolute Gasteiger partial charge is 0.491 e. The van der Waals surface area contributed by atoms with Crippen LogP contribution in [0.1, 0.15) is 0 Å². The van der Waals surface area contributed by atoms with Crippen LogP contribution in [0.5, 0.6) is 5.75 Å². The molecule has 1 unspecified atom stereocenters. The first-order valence-corrected chi connectivity index (χ1v) is 7.61. The Kier molecular flexibility index (Phi) is 4.86. The van der Waals surface area contributed by atoms with Gasteiger partial charge in [-0.3, -0.25) is 0 Å². The van der Waals surface area contributed by atoms with Gasteiger partial charge < -0.3 is 15.2 Å². The summed E-state index contributed by atoms with van der Waals surface area (Å²) in [6, 6.07) is 13.1. The molecule has 0 aliphatic heterocycles. The minimum Gasteiger partial charge on any atom is -0.491 e. The zero-order chi connectivity index (χ0) is 16.9. The highest BCUT2D eigenvalue weighted by molar-refractivity contribution is 5.82. The van der Waals surface area contributed by atoms with E-state index in [4.69, 9.17) is 4.74 Å². The summed E-state index contributed by atoms with van der Waals surface area (Å²) in [6.07, 6.45) is 0.671. The van der Waals surface area contributed by atoms with Crippen molar-refractivity contribution in [3.05, 3.63) is 48.7 Å². The molecule has 0 spiro atoms. The van der Waals surface area contributed by atoms with E-state index >= 15 is 0 Å². The lowest BCUT2D eigenvalue weighted by molar-refractivity contribution is 0.0842. The van der Waals surface area contributed by atoms with E-state index in [1.54, 1.807) is 12.3 Å². The minimum atomic E-state index is -1.10. The number of halogens is 1. The molecular formula is C18H18FN3O2. The van der Waals surface area contributed by atoms with Crippen molar-refractivity contribution < 1.29 is 14.2 Å². The molecule has 24 heavy (non-hydrogen) atoms. The van der Waals surface area contributed by atoms with Gasteiger partial charge in [0.2, 0.25) is 0 Å². The van der Waals surface area contributed by atoms with Crippen LogP contribution in [0.4, 0.5) is 10.2 Å². The van der Waals surface area contributed by atoms with Gasteiger partial charge in [0.25, 0.3) is 0 Å². The Labute approximate surface area is 139 Å². The third kappa shape index (κ3) is 3.60. The fourth-order valence-corrected chi connectivity index (χ4v) is 2.28. The van der Waals surface area contributed by atoms with E-state index in [9.17, 15) is 9.50 Å². The van der Waals surface area contributed by atoms with Crippen molar-refractivity contribution in [2.24, 2.45) is 0 Å². The lowest BCUT2D eigenvalue weighted by atomic mass is 10.1. The lowest BCUT2D eigenvalue weighted by Gasteiger charge is -2.10. The Hall–Kier alpha value is -2.73. The third-order valence-electron chi connectivity index (χ3n) is 3.60. The lowest BCUT2D eigenvalue weighted by Crippen LogP contribution is -2.19. The number of anilines is 1. The Balaban J connectivity index is 1.83. The first-order valence-electron chi connectivity index (χ1n) is 7.61. The molecule has 0 fully saturated rings. The Bertz CT molecular complexity index is 824. The van der Waals surface area contributed by atoms with Crippen molar-refractivity contribution >= 4 is 16.7 Å². The molecule has 0 aliphatic rings. The normalized spacial score (nSPS) is 12.1. The molecule has 2 heterocycles. The van der Waals surface area contributed by atoms with Crippen molar-refractivity contribution in [2.45, 2.75) is 6.10 Å². The highest BCUT2D eigenvalue weighted by atomic mass is 19.1. The van der Waals surface area contributed by atoms with E-state index in [1.165, 1.54) is 0 Å². The highest BCUT2D eigenvalue weighted by Gasteiger charge is 2.06. The number of rotatable bonds is 6. The SMILES string of the molecule is CNc1ccc(-c2ccc3cc(OCC(O)CF)ccc3n2)cn1. The molecule has 0 bridgehead atoms. The number of aliphatic hydroxyl groups excluding tert-OH is 1. The summed E-state index contributed by atoms with van der Waals surface area (Å²) in [5.74, 6) is 1.38. The fraction of sp³-hybridized carbons (Fsp3) is 0.222. The summed E-state index contributed by atoms with van der Waals surface area (Å²) in [4.78, 5) is 8.92. The van der Waals surface area contributed by atoms with Crippen LogP contribution >= 0.6 is 0 Å². The number of nitrogens with one attached hydrogen (secondary N) is 1. The van der Waals surface area contributed by atoms with Gasteiger partial charge in [-0.05, 0) is 36.4 Å². The Morgan fingerprint density at radius 2 is 2.08 bits per heavy atom. The number of benzene rings is 1. The van der Waals surface area contributed by atoms with E-state index < -0.39 is 12.8 Å². The predicted molar refractivity (Wildman–Crippen MR) is 92.0 cm³/mol. The first kappa shape index (κ1) is 16.1. The molecule has 2 aromatic heterocycles. The third-order valence-corrected chi connectivity index (χ3v) is 3.60. The number of hydrogen-bond acceptors (Lipinski definition) is 5. The Morgan fingerprint density at radius 3 is 2.79 bits per heavy atom. The molecule has 6 heteroatoms. The number of hydrogen-bond donors (Lipinski definition) is 2. The van der Waals surface area contributed by atoms with Gasteiger partial charge in [0.05, 0.1) is 11.2 Å². The molecule has 1 aromatic carbocycles. The van der Waals surface area contributed by atoms with Crippen LogP contribution in [0.15, 0.2) is 48.7 Å². The summed E-state index contributed by atoms with van der Waals surface area (Å²) in [5.41, 5.74) is 2.59. The van der Waals surface area contributed by atoms with Gasteiger partial charge in [0.15, 0.2) is 0 Å². The molecule has 2 N–H and O–H groups in total. The zero-order valence-electron chi connectivity index (χ0n) is 13.2. The first-order chi connectivity index (χ1) is 11.7. The average Bonchev–Trinajstić information content (AvgIpc) is 2.65. The summed E-state index contributed by atoms with van der Waals surface area (Å²) in [5, 5.41) is 13.1. The molecule has 3 aromatic rings. The summed E-state index contributed by atoms with van der Waals surface area (Å²) in [6.45, 7) is -0.893. The molecule has 0 saturated heterocycles. The quantitative estimate of drug-likeness (QED) is 0.728. The van der Waals surface area contributed by atoms with Gasteiger partial charge in [-0.15, -0.1) is 0 Å². The molecular weight excluding hydrogens is 309 g/mol. The van der Waals surface area contributed by atoms with Crippen LogP contribution in [-0.4, -0.2) is 41.5 Å². The van der Waals surface area contributed by atoms with Crippen LogP contribution in [0.3, 0.4) is 0 Å². The smallest absolute Gasteiger partial charge is 0.125 e. The Morgan fingerprint density at radius 1 is 1.21 bits per heavy atom. The molecule has 1 atom stereocenters. The second kappa shape index (κ2) is 7.23. The molecule has 0 amide bonds. The standard InChI is InChI=1S/C18H18FN3O2/c1-20-18-7-3-13(10-21-18)17-5-2-12-8-15(4-6-16(12)22-17)24-11-14(23)9-19/h2-8,10,14,23H,9,11H2,1H3,(H,20,21). The number of ether oxygens (including phenoxy) is 1. The molecule has 0 aliphatic carbocycles. The monoisotopic (exact) mass is 327 g/mol. The zero-order valence-corrected chi connectivity index (χ0v) is 13.2. The maximum Gasteiger partial charge on any atom is 0.125 e. The maximum atomic E-state index is 12.2. The predicted octanol–water partition coefficient (Wildman–Crippen LogP) is 3.05. The number of nitrogens with zero attached hydrogens (tertiary/aromatic N) is 2. The van der Waals surface area contributed by atoms with Crippen molar-refractivity contribution in [3.63, 3.8) is 0 Å². The minimum absolute atomic E-state index is 0.0724. The molecule has 0 saturated carbocycles. The second-order valence-corrected chi connectivity index (χ2v) is 5.35. The van der Waals surface area contributed by atoms with Gasteiger partial charge in [-0.2, -0.15) is 0 Å². The van der Waals surface area contributed by atoms with Gasteiger partial charge >= 0.3 is 0 Å². The number of aromatic nitrogens is 2. The van der Waals surface area contributed by atoms with Crippen LogP contribution < -0.4 is 10.1 Å². The van der Waals surface area contributed by atoms with Crippen LogP contribution in [0.25, 0.3) is 22.2 Å². The van der Waals surface area contributed by atoms with Crippen LogP contribution in [0.2, 0.25) is 0 Å². The number of alkyl halides is 1. The van der Waals surface area contributed by atoms with Crippen LogP contribution in [0, 0.1) is 0 Å². The summed E-state index contributed by atoms with van der Waals surface area (Å²) >= 11 is 0. The van der Waals surface area contributed by atoms with Crippen molar-refractivity contribution in [1.82, 2.24) is 9.97 Å². The fourth-order valence-electron chi connectivity index (χ4n) is 2.28. The number of fused-ring (bicyclic) bond motifs is 1. The highest BCUT2D eigenvalue weighted by Crippen LogP contribution is 2.24.